The number of fused-ring (bicyclic) bond motifs is 4. The second kappa shape index (κ2) is 4.71. The summed E-state index contributed by atoms with van der Waals surface area (Å²) >= 11 is 1.60. The van der Waals surface area contributed by atoms with Gasteiger partial charge in [-0.3, -0.25) is 9.71 Å². The van der Waals surface area contributed by atoms with Gasteiger partial charge < -0.3 is 5.32 Å². The first-order valence-corrected chi connectivity index (χ1v) is 7.92. The lowest BCUT2D eigenvalue weighted by atomic mass is 9.68. The van der Waals surface area contributed by atoms with Gasteiger partial charge in [0, 0.05) is 12.4 Å². The van der Waals surface area contributed by atoms with Crippen LogP contribution in [0, 0.1) is 11.8 Å². The molecule has 0 saturated heterocycles. The van der Waals surface area contributed by atoms with Crippen molar-refractivity contribution in [1.82, 2.24) is 9.71 Å². The van der Waals surface area contributed by atoms with E-state index in [2.05, 4.69) is 15.0 Å². The Morgan fingerprint density at radius 3 is 2.95 bits per heavy atom. The van der Waals surface area contributed by atoms with Crippen molar-refractivity contribution in [2.45, 2.75) is 43.0 Å². The van der Waals surface area contributed by atoms with Crippen molar-refractivity contribution in [3.05, 3.63) is 18.5 Å². The molecule has 4 aliphatic rings. The number of guanidine groups is 1. The fourth-order valence-electron chi connectivity index (χ4n) is 3.55. The second-order valence-electron chi connectivity index (χ2n) is 5.76. The molecule has 1 aliphatic heterocycles. The molecule has 100 valence electrons. The van der Waals surface area contributed by atoms with Gasteiger partial charge >= 0.3 is 0 Å². The number of hydrogen-bond donors (Lipinski definition) is 2. The zero-order chi connectivity index (χ0) is 12.7. The smallest absolute Gasteiger partial charge is 0.206 e. The zero-order valence-electron chi connectivity index (χ0n) is 10.8. The van der Waals surface area contributed by atoms with E-state index in [9.17, 15) is 0 Å². The average molecular weight is 274 g/mol. The lowest BCUT2D eigenvalue weighted by molar-refractivity contribution is 0.148. The van der Waals surface area contributed by atoms with E-state index in [1.165, 1.54) is 32.1 Å². The molecule has 0 radical (unpaired) electrons. The lowest BCUT2D eigenvalue weighted by Crippen LogP contribution is -2.38. The molecule has 2 N–H and O–H groups in total. The molecule has 3 fully saturated rings. The molecule has 5 rings (SSSR count). The predicted molar refractivity (Wildman–Crippen MR) is 78.1 cm³/mol. The Hall–Kier alpha value is -1.23. The van der Waals surface area contributed by atoms with Crippen molar-refractivity contribution in [2.75, 3.05) is 5.32 Å². The Bertz CT molecular complexity index is 508. The summed E-state index contributed by atoms with van der Waals surface area (Å²) in [6, 6.07) is 2.53. The number of rotatable bonds is 1. The predicted octanol–water partition coefficient (Wildman–Crippen LogP) is 3.04. The van der Waals surface area contributed by atoms with Crippen molar-refractivity contribution < 1.29 is 0 Å². The first kappa shape index (κ1) is 11.6. The maximum Gasteiger partial charge on any atom is 0.206 e. The van der Waals surface area contributed by atoms with Gasteiger partial charge in [0.15, 0.2) is 0 Å². The molecule has 2 heterocycles. The van der Waals surface area contributed by atoms with Gasteiger partial charge in [-0.1, -0.05) is 12.8 Å². The van der Waals surface area contributed by atoms with Crippen LogP contribution in [0.25, 0.3) is 0 Å². The first-order valence-electron chi connectivity index (χ1n) is 7.10. The Kier molecular flexibility index (Phi) is 2.87. The minimum atomic E-state index is 0.520. The van der Waals surface area contributed by atoms with Crippen LogP contribution in [0.5, 0.6) is 0 Å². The molecule has 19 heavy (non-hydrogen) atoms. The third-order valence-corrected chi connectivity index (χ3v) is 5.44. The van der Waals surface area contributed by atoms with Crippen molar-refractivity contribution in [2.24, 2.45) is 16.8 Å². The number of aliphatic imine (C=N–C) groups is 1. The summed E-state index contributed by atoms with van der Waals surface area (Å²) in [4.78, 5) is 10.2. The molecule has 3 saturated carbocycles. The highest BCUT2D eigenvalue weighted by molar-refractivity contribution is 7.98. The molecular weight excluding hydrogens is 256 g/mol. The maximum atomic E-state index is 4.93. The van der Waals surface area contributed by atoms with E-state index in [1.807, 2.05) is 18.5 Å². The quantitative estimate of drug-likeness (QED) is 0.773. The average Bonchev–Trinajstić information content (AvgIpc) is 2.48. The van der Waals surface area contributed by atoms with Crippen LogP contribution in [-0.2, 0) is 0 Å². The lowest BCUT2D eigenvalue weighted by Gasteiger charge is -2.40. The normalized spacial score (nSPS) is 34.5. The van der Waals surface area contributed by atoms with Gasteiger partial charge in [0.2, 0.25) is 5.96 Å². The number of aromatic nitrogens is 1. The number of hydrogen-bond acceptors (Lipinski definition) is 3. The fraction of sp³-hybridized carbons (Fsp3) is 0.571. The Morgan fingerprint density at radius 2 is 2.16 bits per heavy atom. The van der Waals surface area contributed by atoms with E-state index >= 15 is 0 Å². The topological polar surface area (TPSA) is 49.3 Å². The van der Waals surface area contributed by atoms with Gasteiger partial charge in [-0.2, -0.15) is 0 Å². The van der Waals surface area contributed by atoms with E-state index in [4.69, 9.17) is 4.99 Å². The summed E-state index contributed by atoms with van der Waals surface area (Å²) in [5.74, 6) is 2.65. The van der Waals surface area contributed by atoms with Crippen LogP contribution < -0.4 is 10.0 Å². The van der Waals surface area contributed by atoms with Gasteiger partial charge in [-0.25, -0.2) is 4.99 Å². The molecule has 4 nitrogen and oxygen atoms in total. The van der Waals surface area contributed by atoms with Crippen LogP contribution in [0.3, 0.4) is 0 Å². The maximum absolute atomic E-state index is 4.93. The second-order valence-corrected chi connectivity index (χ2v) is 6.61. The van der Waals surface area contributed by atoms with Crippen molar-refractivity contribution in [3.63, 3.8) is 0 Å². The third kappa shape index (κ3) is 2.20. The number of pyridine rings is 1. The van der Waals surface area contributed by atoms with Gasteiger partial charge in [0.1, 0.15) is 0 Å². The molecule has 0 amide bonds. The van der Waals surface area contributed by atoms with Gasteiger partial charge in [0.25, 0.3) is 0 Å². The molecule has 1 unspecified atom stereocenters. The fourth-order valence-corrected chi connectivity index (χ4v) is 4.20. The summed E-state index contributed by atoms with van der Waals surface area (Å²) in [5.41, 5.74) is 1.11. The van der Waals surface area contributed by atoms with Crippen molar-refractivity contribution >= 4 is 23.6 Å². The largest absolute Gasteiger partial charge is 0.324 e. The number of nitrogens with one attached hydrogen (secondary N) is 2. The van der Waals surface area contributed by atoms with Gasteiger partial charge in [0.05, 0.1) is 16.6 Å². The summed E-state index contributed by atoms with van der Waals surface area (Å²) in [6.07, 6.45) is 10.6. The standard InChI is InChI=1S/C14H18N4S/c1-3-10-4-2-9(1)7-12(10)17-14-16-11-5-6-15-8-13(11)19-18-14/h5-6,8-10,12H,1-4,7H2,(H2,16,17,18). The monoisotopic (exact) mass is 274 g/mol. The van der Waals surface area contributed by atoms with E-state index in [1.54, 1.807) is 11.9 Å². The zero-order valence-corrected chi connectivity index (χ0v) is 11.6. The van der Waals surface area contributed by atoms with E-state index in [-0.39, 0.29) is 0 Å². The van der Waals surface area contributed by atoms with Crippen LogP contribution >= 0.6 is 11.9 Å². The van der Waals surface area contributed by atoms with Crippen LogP contribution in [0.15, 0.2) is 28.3 Å². The molecule has 0 spiro atoms. The Labute approximate surface area is 117 Å². The highest BCUT2D eigenvalue weighted by Gasteiger charge is 2.35. The molecular formula is C14H18N4S. The van der Waals surface area contributed by atoms with E-state index in [0.29, 0.717) is 6.04 Å². The summed E-state index contributed by atoms with van der Waals surface area (Å²) in [5, 5.41) is 3.38. The molecule has 1 aromatic heterocycles. The summed E-state index contributed by atoms with van der Waals surface area (Å²) in [6.45, 7) is 0. The Balaban J connectivity index is 1.53. The van der Waals surface area contributed by atoms with Gasteiger partial charge in [-0.05, 0) is 49.1 Å². The Morgan fingerprint density at radius 1 is 1.26 bits per heavy atom. The highest BCUT2D eigenvalue weighted by Crippen LogP contribution is 2.42. The van der Waals surface area contributed by atoms with Crippen molar-refractivity contribution in [1.29, 1.82) is 0 Å². The SMILES string of the molecule is c1cc2c(cn1)SNC(=NC1CC3CCC1CC3)N2. The van der Waals surface area contributed by atoms with Crippen LogP contribution in [0.4, 0.5) is 5.69 Å². The first-order chi connectivity index (χ1) is 9.38. The molecule has 5 heteroatoms. The van der Waals surface area contributed by atoms with Gasteiger partial charge in [-0.15, -0.1) is 0 Å². The molecule has 2 bridgehead atoms. The van der Waals surface area contributed by atoms with E-state index in [0.717, 1.165) is 28.4 Å². The molecule has 1 aromatic rings. The van der Waals surface area contributed by atoms with Crippen LogP contribution in [0.2, 0.25) is 0 Å². The summed E-state index contributed by atoms with van der Waals surface area (Å²) < 4.78 is 3.30. The third-order valence-electron chi connectivity index (χ3n) is 4.60. The van der Waals surface area contributed by atoms with Crippen LogP contribution in [0.1, 0.15) is 32.1 Å². The molecule has 1 atom stereocenters. The molecule has 0 aromatic carbocycles. The minimum Gasteiger partial charge on any atom is -0.324 e. The number of anilines is 1. The van der Waals surface area contributed by atoms with E-state index < -0.39 is 0 Å². The number of nitrogens with zero attached hydrogens (tertiary/aromatic N) is 2. The van der Waals surface area contributed by atoms with Crippen molar-refractivity contribution in [3.8, 4) is 0 Å². The molecule has 3 aliphatic carbocycles. The summed E-state index contributed by atoms with van der Waals surface area (Å²) in [7, 11) is 0. The minimum absolute atomic E-state index is 0.520. The highest BCUT2D eigenvalue weighted by atomic mass is 32.2. The van der Waals surface area contributed by atoms with Crippen LogP contribution in [-0.4, -0.2) is 17.0 Å².